The van der Waals surface area contributed by atoms with Gasteiger partial charge < -0.3 is 9.47 Å². The molecule has 2 rings (SSSR count). The molecule has 0 radical (unpaired) electrons. The van der Waals surface area contributed by atoms with E-state index in [2.05, 4.69) is 4.98 Å². The standard InChI is InChI=1S/C23H33NO5/c1-3-28-22(26)12-8-7-11-20(23(27)18-13-17(2)14-24-15-18)21(25)16-29-19-9-5-4-6-10-19/h13-15,19-20H,3-12,16H2,1-2H3. The Kier molecular flexibility index (Phi) is 9.98. The first-order valence-corrected chi connectivity index (χ1v) is 10.8. The number of esters is 1. The predicted octanol–water partition coefficient (Wildman–Crippen LogP) is 4.23. The van der Waals surface area contributed by atoms with Gasteiger partial charge in [0.2, 0.25) is 0 Å². The maximum atomic E-state index is 13.0. The minimum Gasteiger partial charge on any atom is -0.466 e. The summed E-state index contributed by atoms with van der Waals surface area (Å²) in [7, 11) is 0. The lowest BCUT2D eigenvalue weighted by atomic mass is 9.89. The van der Waals surface area contributed by atoms with E-state index in [1.165, 1.54) is 12.6 Å². The van der Waals surface area contributed by atoms with E-state index in [0.717, 1.165) is 31.2 Å². The highest BCUT2D eigenvalue weighted by molar-refractivity contribution is 6.10. The maximum absolute atomic E-state index is 13.0. The molecular formula is C23H33NO5. The average Bonchev–Trinajstić information content (AvgIpc) is 2.72. The Balaban J connectivity index is 1.96. The second-order valence-electron chi connectivity index (χ2n) is 7.76. The molecule has 0 saturated heterocycles. The number of carbonyl (C=O) groups is 3. The zero-order chi connectivity index (χ0) is 21.1. The van der Waals surface area contributed by atoms with Crippen molar-refractivity contribution in [2.75, 3.05) is 13.2 Å². The van der Waals surface area contributed by atoms with E-state index in [-0.39, 0.29) is 30.2 Å². The van der Waals surface area contributed by atoms with E-state index in [1.54, 1.807) is 19.2 Å². The van der Waals surface area contributed by atoms with Crippen LogP contribution in [0.2, 0.25) is 0 Å². The molecule has 6 heteroatoms. The van der Waals surface area contributed by atoms with Gasteiger partial charge in [0.05, 0.1) is 18.6 Å². The highest BCUT2D eigenvalue weighted by atomic mass is 16.5. The third kappa shape index (κ3) is 8.05. The van der Waals surface area contributed by atoms with Crippen LogP contribution in [0.4, 0.5) is 0 Å². The third-order valence-corrected chi connectivity index (χ3v) is 5.31. The number of ketones is 2. The molecule has 0 bridgehead atoms. The Morgan fingerprint density at radius 3 is 2.59 bits per heavy atom. The second-order valence-corrected chi connectivity index (χ2v) is 7.76. The fraction of sp³-hybridized carbons (Fsp3) is 0.652. The number of unbranched alkanes of at least 4 members (excludes halogenated alkanes) is 1. The number of carbonyl (C=O) groups excluding carboxylic acids is 3. The summed E-state index contributed by atoms with van der Waals surface area (Å²) < 4.78 is 10.8. The number of hydrogen-bond acceptors (Lipinski definition) is 6. The van der Waals surface area contributed by atoms with Crippen molar-refractivity contribution in [1.29, 1.82) is 0 Å². The summed E-state index contributed by atoms with van der Waals surface area (Å²) in [5.41, 5.74) is 1.33. The maximum Gasteiger partial charge on any atom is 0.305 e. The van der Waals surface area contributed by atoms with Crippen LogP contribution in [0.3, 0.4) is 0 Å². The molecule has 0 aliphatic heterocycles. The number of hydrogen-bond donors (Lipinski definition) is 0. The lowest BCUT2D eigenvalue weighted by molar-refractivity contribution is -0.143. The number of rotatable bonds is 12. The highest BCUT2D eigenvalue weighted by Gasteiger charge is 2.28. The minimum absolute atomic E-state index is 0.0296. The quantitative estimate of drug-likeness (QED) is 0.225. The molecule has 0 aromatic carbocycles. The van der Waals surface area contributed by atoms with Crippen molar-refractivity contribution in [3.05, 3.63) is 29.6 Å². The van der Waals surface area contributed by atoms with Crippen LogP contribution >= 0.6 is 0 Å². The van der Waals surface area contributed by atoms with Crippen molar-refractivity contribution in [2.45, 2.75) is 77.7 Å². The lowest BCUT2D eigenvalue weighted by Crippen LogP contribution is -2.30. The first kappa shape index (κ1) is 23.2. The number of nitrogens with zero attached hydrogens (tertiary/aromatic N) is 1. The van der Waals surface area contributed by atoms with Crippen molar-refractivity contribution in [3.8, 4) is 0 Å². The van der Waals surface area contributed by atoms with Crippen molar-refractivity contribution >= 4 is 17.5 Å². The van der Waals surface area contributed by atoms with Gasteiger partial charge in [0.25, 0.3) is 0 Å². The molecule has 1 saturated carbocycles. The molecule has 160 valence electrons. The Hall–Kier alpha value is -2.08. The van der Waals surface area contributed by atoms with Gasteiger partial charge in [-0.05, 0) is 51.2 Å². The molecule has 1 unspecified atom stereocenters. The van der Waals surface area contributed by atoms with Gasteiger partial charge >= 0.3 is 5.97 Å². The zero-order valence-corrected chi connectivity index (χ0v) is 17.7. The third-order valence-electron chi connectivity index (χ3n) is 5.31. The molecule has 1 fully saturated rings. The molecule has 29 heavy (non-hydrogen) atoms. The number of aryl methyl sites for hydroxylation is 1. The first-order chi connectivity index (χ1) is 14.0. The molecule has 1 heterocycles. The fourth-order valence-electron chi connectivity index (χ4n) is 3.71. The Morgan fingerprint density at radius 2 is 1.90 bits per heavy atom. The van der Waals surface area contributed by atoms with E-state index >= 15 is 0 Å². The van der Waals surface area contributed by atoms with Gasteiger partial charge in [-0.1, -0.05) is 25.7 Å². The molecule has 6 nitrogen and oxygen atoms in total. The second kappa shape index (κ2) is 12.5. The molecule has 1 aromatic rings. The number of aromatic nitrogens is 1. The summed E-state index contributed by atoms with van der Waals surface area (Å²) in [5, 5.41) is 0. The van der Waals surface area contributed by atoms with Crippen LogP contribution in [-0.4, -0.2) is 41.8 Å². The summed E-state index contributed by atoms with van der Waals surface area (Å²) in [6.45, 7) is 3.97. The van der Waals surface area contributed by atoms with Crippen LogP contribution in [0.5, 0.6) is 0 Å². The highest BCUT2D eigenvalue weighted by Crippen LogP contribution is 2.22. The summed E-state index contributed by atoms with van der Waals surface area (Å²) in [6, 6.07) is 1.76. The van der Waals surface area contributed by atoms with Gasteiger partial charge in [-0.15, -0.1) is 0 Å². The SMILES string of the molecule is CCOC(=O)CCCCC(C(=O)COC1CCCCC1)C(=O)c1cncc(C)c1. The molecule has 0 amide bonds. The first-order valence-electron chi connectivity index (χ1n) is 10.8. The van der Waals surface area contributed by atoms with Crippen LogP contribution in [0.1, 0.15) is 80.6 Å². The molecule has 1 atom stereocenters. The topological polar surface area (TPSA) is 82.6 Å². The number of Topliss-reactive ketones (excluding diaryl/α,β-unsaturated/α-hetero) is 2. The van der Waals surface area contributed by atoms with E-state index in [4.69, 9.17) is 9.47 Å². The lowest BCUT2D eigenvalue weighted by Gasteiger charge is -2.23. The molecule has 1 aliphatic rings. The molecule has 1 aromatic heterocycles. The average molecular weight is 404 g/mol. The van der Waals surface area contributed by atoms with Gasteiger partial charge in [0.15, 0.2) is 11.6 Å². The largest absolute Gasteiger partial charge is 0.466 e. The Morgan fingerprint density at radius 1 is 1.14 bits per heavy atom. The van der Waals surface area contributed by atoms with Gasteiger partial charge in [-0.2, -0.15) is 0 Å². The zero-order valence-electron chi connectivity index (χ0n) is 17.7. The normalized spacial score (nSPS) is 15.7. The molecule has 0 N–H and O–H groups in total. The van der Waals surface area contributed by atoms with Gasteiger partial charge in [-0.25, -0.2) is 0 Å². The monoisotopic (exact) mass is 403 g/mol. The number of pyridine rings is 1. The number of ether oxygens (including phenoxy) is 2. The fourth-order valence-corrected chi connectivity index (χ4v) is 3.71. The van der Waals surface area contributed by atoms with E-state index < -0.39 is 5.92 Å². The molecular weight excluding hydrogens is 370 g/mol. The van der Waals surface area contributed by atoms with Crippen LogP contribution in [0.25, 0.3) is 0 Å². The Labute approximate surface area is 173 Å². The van der Waals surface area contributed by atoms with Gasteiger partial charge in [0.1, 0.15) is 6.61 Å². The summed E-state index contributed by atoms with van der Waals surface area (Å²) in [6.07, 6.45) is 10.6. The van der Waals surface area contributed by atoms with Gasteiger partial charge in [-0.3, -0.25) is 19.4 Å². The van der Waals surface area contributed by atoms with Crippen molar-refractivity contribution in [2.24, 2.45) is 5.92 Å². The van der Waals surface area contributed by atoms with E-state index in [0.29, 0.717) is 37.9 Å². The van der Waals surface area contributed by atoms with Crippen LogP contribution in [0.15, 0.2) is 18.5 Å². The van der Waals surface area contributed by atoms with Crippen LogP contribution in [-0.2, 0) is 19.1 Å². The summed E-state index contributed by atoms with van der Waals surface area (Å²) in [5.74, 6) is -1.40. The minimum atomic E-state index is -0.760. The van der Waals surface area contributed by atoms with Gasteiger partial charge in [0, 0.05) is 24.4 Å². The van der Waals surface area contributed by atoms with Crippen LogP contribution in [0, 0.1) is 12.8 Å². The van der Waals surface area contributed by atoms with E-state index in [1.807, 2.05) is 6.92 Å². The van der Waals surface area contributed by atoms with Crippen LogP contribution < -0.4 is 0 Å². The smallest absolute Gasteiger partial charge is 0.305 e. The van der Waals surface area contributed by atoms with Crippen molar-refractivity contribution < 1.29 is 23.9 Å². The van der Waals surface area contributed by atoms with Crippen molar-refractivity contribution in [3.63, 3.8) is 0 Å². The molecule has 1 aliphatic carbocycles. The van der Waals surface area contributed by atoms with Crippen molar-refractivity contribution in [1.82, 2.24) is 4.98 Å². The predicted molar refractivity (Wildman–Crippen MR) is 110 cm³/mol. The summed E-state index contributed by atoms with van der Waals surface area (Å²) in [4.78, 5) is 41.5. The van der Waals surface area contributed by atoms with E-state index in [9.17, 15) is 14.4 Å². The molecule has 0 spiro atoms. The summed E-state index contributed by atoms with van der Waals surface area (Å²) >= 11 is 0. The Bertz CT molecular complexity index is 682.